The quantitative estimate of drug-likeness (QED) is 0.196. The van der Waals surface area contributed by atoms with E-state index in [0.29, 0.717) is 27.5 Å². The summed E-state index contributed by atoms with van der Waals surface area (Å²) in [6.45, 7) is 0. The van der Waals surface area contributed by atoms with Gasteiger partial charge in [-0.25, -0.2) is 0 Å². The van der Waals surface area contributed by atoms with E-state index in [0.717, 1.165) is 0 Å². The van der Waals surface area contributed by atoms with Gasteiger partial charge in [0.25, 0.3) is 0 Å². The predicted octanol–water partition coefficient (Wildman–Crippen LogP) is 12.0. The molecule has 0 N–H and O–H groups in total. The van der Waals surface area contributed by atoms with Crippen molar-refractivity contribution >= 4 is 54.3 Å². The highest BCUT2D eigenvalue weighted by atomic mass is 16.3. The van der Waals surface area contributed by atoms with Gasteiger partial charge in [0, 0.05) is 16.3 Å². The van der Waals surface area contributed by atoms with E-state index < -0.39 is 90.6 Å². The van der Waals surface area contributed by atoms with E-state index in [9.17, 15) is 5.48 Å². The molecule has 1 aromatic heterocycles. The van der Waals surface area contributed by atoms with E-state index in [4.69, 9.17) is 19.5 Å². The summed E-state index contributed by atoms with van der Waals surface area (Å²) in [5, 5.41) is 0.868. The zero-order valence-electron chi connectivity index (χ0n) is 37.3. The Bertz CT molecular complexity index is 3260. The molecule has 0 unspecified atom stereocenters. The van der Waals surface area contributed by atoms with E-state index in [-0.39, 0.29) is 60.2 Å². The van der Waals surface area contributed by atoms with E-state index in [1.54, 1.807) is 66.7 Å². The summed E-state index contributed by atoms with van der Waals surface area (Å²) in [6.07, 6.45) is 0. The minimum Gasteiger partial charge on any atom is -0.455 e. The van der Waals surface area contributed by atoms with Crippen molar-refractivity contribution in [3.8, 4) is 33.4 Å². The first-order valence-corrected chi connectivity index (χ1v) is 13.6. The molecule has 1 heterocycles. The summed E-state index contributed by atoms with van der Waals surface area (Å²) in [5.41, 5.74) is 1.16. The van der Waals surface area contributed by atoms with Gasteiger partial charge in [0.1, 0.15) is 11.2 Å². The van der Waals surface area contributed by atoms with Crippen LogP contribution >= 0.6 is 0 Å². The highest BCUT2D eigenvalue weighted by Gasteiger charge is 2.20. The maximum atomic E-state index is 9.32. The Morgan fingerprint density at radius 2 is 0.907 bits per heavy atom. The molecule has 9 rings (SSSR count). The number of rotatable bonds is 3. The van der Waals surface area contributed by atoms with E-state index >= 15 is 0 Å². The SMILES string of the molecule is [2H]c1c([2H])c([2H])c2c(oc3c(-c4ccc(-c5c6c([2H])c([2H])c([2H])c([2H])c6c(-c6ccccc6)c6c([2H])c([2H])c([2H])c([2H])c56)c5ccccc45)c([2H])c([2H])c([2H])c32)c1[2H]. The summed E-state index contributed by atoms with van der Waals surface area (Å²) in [5.74, 6) is 0. The van der Waals surface area contributed by atoms with E-state index in [2.05, 4.69) is 0 Å². The van der Waals surface area contributed by atoms with Crippen LogP contribution in [0.4, 0.5) is 0 Å². The Kier molecular flexibility index (Phi) is 2.97. The van der Waals surface area contributed by atoms with Crippen molar-refractivity contribution in [3.63, 3.8) is 0 Å². The molecule has 0 atom stereocenters. The van der Waals surface area contributed by atoms with Crippen LogP contribution in [0.2, 0.25) is 0 Å². The number of benzene rings is 8. The minimum atomic E-state index is -0.551. The fraction of sp³-hybridized carbons (Fsp3) is 0. The monoisotopic (exact) mass is 561 g/mol. The number of furan rings is 1. The number of para-hydroxylation sites is 2. The zero-order chi connectivity index (χ0) is 41.4. The smallest absolute Gasteiger partial charge is 0.143 e. The first-order chi connectivity index (χ1) is 27.6. The summed E-state index contributed by atoms with van der Waals surface area (Å²) >= 11 is 0. The third-order valence-electron chi connectivity index (χ3n) is 7.84. The van der Waals surface area contributed by atoms with Crippen molar-refractivity contribution in [3.05, 3.63) is 157 Å². The van der Waals surface area contributed by atoms with Crippen molar-refractivity contribution in [2.75, 3.05) is 0 Å². The molecule has 200 valence electrons. The molecule has 0 aliphatic carbocycles. The van der Waals surface area contributed by atoms with Crippen molar-refractivity contribution in [1.29, 1.82) is 0 Å². The van der Waals surface area contributed by atoms with Gasteiger partial charge < -0.3 is 4.42 Å². The third kappa shape index (κ3) is 3.58. The number of hydrogen-bond acceptors (Lipinski definition) is 1. The summed E-state index contributed by atoms with van der Waals surface area (Å²) < 4.78 is 139. The standard InChI is InChI=1S/C42H26O/c1-2-13-27(14-3-1)40-32-18-6-8-20-34(32)41(35-21-9-7-19-33(35)40)36-26-25-30(28-15-4-5-16-29(28)36)37-22-12-23-38-31-17-10-11-24-39(31)43-42(37)38/h1-26H/i6D,7D,8D,9D,10D,11D,12D,17D,18D,19D,20D,21D,22D,23D,24D. The van der Waals surface area contributed by atoms with Crippen LogP contribution in [0.15, 0.2) is 162 Å². The Labute approximate surface area is 270 Å². The fourth-order valence-electron chi connectivity index (χ4n) is 6.04. The van der Waals surface area contributed by atoms with Crippen LogP contribution in [-0.4, -0.2) is 0 Å². The van der Waals surface area contributed by atoms with Crippen molar-refractivity contribution < 1.29 is 25.0 Å². The molecule has 1 nitrogen and oxygen atoms in total. The third-order valence-corrected chi connectivity index (χ3v) is 7.84. The second kappa shape index (κ2) is 9.44. The molecule has 0 fully saturated rings. The van der Waals surface area contributed by atoms with Gasteiger partial charge in [0.15, 0.2) is 0 Å². The lowest BCUT2D eigenvalue weighted by Gasteiger charge is -2.19. The van der Waals surface area contributed by atoms with Gasteiger partial charge >= 0.3 is 0 Å². The second-order valence-corrected chi connectivity index (χ2v) is 10.1. The van der Waals surface area contributed by atoms with Crippen LogP contribution in [0.5, 0.6) is 0 Å². The number of hydrogen-bond donors (Lipinski definition) is 0. The molecule has 0 amide bonds. The maximum Gasteiger partial charge on any atom is 0.143 e. The molecule has 0 saturated carbocycles. The van der Waals surface area contributed by atoms with Gasteiger partial charge in [-0.05, 0) is 66.2 Å². The summed E-state index contributed by atoms with van der Waals surface area (Å²) in [4.78, 5) is 0. The van der Waals surface area contributed by atoms with Crippen LogP contribution in [0.3, 0.4) is 0 Å². The molecular weight excluding hydrogens is 520 g/mol. The van der Waals surface area contributed by atoms with Crippen LogP contribution < -0.4 is 0 Å². The predicted molar refractivity (Wildman–Crippen MR) is 183 cm³/mol. The van der Waals surface area contributed by atoms with E-state index in [1.165, 1.54) is 0 Å². The van der Waals surface area contributed by atoms with Gasteiger partial charge in [-0.2, -0.15) is 0 Å². The molecule has 9 aromatic rings. The lowest BCUT2D eigenvalue weighted by Crippen LogP contribution is -1.92. The summed E-state index contributed by atoms with van der Waals surface area (Å²) in [7, 11) is 0. The molecule has 0 aliphatic rings. The molecule has 0 spiro atoms. The molecule has 43 heavy (non-hydrogen) atoms. The Morgan fingerprint density at radius 1 is 0.372 bits per heavy atom. The molecular formula is C42H26O. The fourth-order valence-corrected chi connectivity index (χ4v) is 6.04. The average molecular weight is 562 g/mol. The van der Waals surface area contributed by atoms with Crippen LogP contribution in [0.1, 0.15) is 20.6 Å². The highest BCUT2D eigenvalue weighted by Crippen LogP contribution is 2.47. The van der Waals surface area contributed by atoms with Crippen molar-refractivity contribution in [2.24, 2.45) is 0 Å². The topological polar surface area (TPSA) is 13.1 Å². The molecule has 0 radical (unpaired) electrons. The highest BCUT2D eigenvalue weighted by molar-refractivity contribution is 6.24. The zero-order valence-corrected chi connectivity index (χ0v) is 22.3. The molecule has 0 bridgehead atoms. The van der Waals surface area contributed by atoms with E-state index in [1.807, 2.05) is 0 Å². The Morgan fingerprint density at radius 3 is 1.60 bits per heavy atom. The van der Waals surface area contributed by atoms with Crippen molar-refractivity contribution in [2.45, 2.75) is 0 Å². The first kappa shape index (κ1) is 13.5. The normalized spacial score (nSPS) is 16.6. The molecule has 1 heteroatoms. The Hall–Kier alpha value is -5.66. The average Bonchev–Trinajstić information content (AvgIpc) is 3.64. The van der Waals surface area contributed by atoms with Crippen LogP contribution in [0, 0.1) is 0 Å². The molecule has 8 aromatic carbocycles. The van der Waals surface area contributed by atoms with Gasteiger partial charge in [0.2, 0.25) is 0 Å². The van der Waals surface area contributed by atoms with Crippen molar-refractivity contribution in [1.82, 2.24) is 0 Å². The number of fused-ring (bicyclic) bond motifs is 6. The molecule has 0 aliphatic heterocycles. The van der Waals surface area contributed by atoms with Gasteiger partial charge in [-0.3, -0.25) is 0 Å². The lowest BCUT2D eigenvalue weighted by molar-refractivity contribution is 0.670. The lowest BCUT2D eigenvalue weighted by atomic mass is 9.84. The molecule has 0 saturated heterocycles. The Balaban J connectivity index is 1.50. The van der Waals surface area contributed by atoms with Crippen LogP contribution in [0.25, 0.3) is 87.6 Å². The van der Waals surface area contributed by atoms with Gasteiger partial charge in [0.05, 0.1) is 20.6 Å². The maximum absolute atomic E-state index is 9.32. The van der Waals surface area contributed by atoms with Gasteiger partial charge in [-0.1, -0.05) is 151 Å². The second-order valence-electron chi connectivity index (χ2n) is 10.1. The minimum absolute atomic E-state index is 0.0245. The summed E-state index contributed by atoms with van der Waals surface area (Å²) in [6, 6.07) is 11.5. The van der Waals surface area contributed by atoms with Crippen LogP contribution in [-0.2, 0) is 0 Å². The first-order valence-electron chi connectivity index (χ1n) is 21.1. The largest absolute Gasteiger partial charge is 0.455 e. The van der Waals surface area contributed by atoms with Gasteiger partial charge in [-0.15, -0.1) is 0 Å².